The van der Waals surface area contributed by atoms with Gasteiger partial charge in [-0.15, -0.1) is 0 Å². The lowest BCUT2D eigenvalue weighted by Gasteiger charge is -2.10. The fraction of sp³-hybridized carbons (Fsp3) is 0.350. The molecule has 4 nitrogen and oxygen atoms in total. The van der Waals surface area contributed by atoms with Crippen LogP contribution in [0.15, 0.2) is 36.4 Å². The third-order valence-electron chi connectivity index (χ3n) is 3.43. The fourth-order valence-corrected chi connectivity index (χ4v) is 2.28. The van der Waals surface area contributed by atoms with Gasteiger partial charge >= 0.3 is 0 Å². The highest BCUT2D eigenvalue weighted by molar-refractivity contribution is 6.30. The molecule has 0 unspecified atom stereocenters. The number of unbranched alkanes of at least 4 members (excludes halogenated alkanes) is 2. The molecule has 0 fully saturated rings. The van der Waals surface area contributed by atoms with Gasteiger partial charge in [-0.25, -0.2) is 8.78 Å². The molecule has 2 aromatic rings. The zero-order chi connectivity index (χ0) is 20.2. The lowest BCUT2D eigenvalue weighted by atomic mass is 10.1. The Morgan fingerprint density at radius 2 is 1.56 bits per heavy atom. The van der Waals surface area contributed by atoms with E-state index in [0.29, 0.717) is 18.1 Å². The molecule has 1 amide bonds. The first-order chi connectivity index (χ1) is 13.0. The number of nitrogens with two attached hydrogens (primary N) is 1. The van der Waals surface area contributed by atoms with Crippen molar-refractivity contribution in [3.8, 4) is 11.5 Å². The van der Waals surface area contributed by atoms with Crippen LogP contribution in [0.5, 0.6) is 11.5 Å². The molecule has 27 heavy (non-hydrogen) atoms. The molecule has 0 bridgehead atoms. The number of halogens is 3. The predicted molar refractivity (Wildman–Crippen MR) is 103 cm³/mol. The van der Waals surface area contributed by atoms with Crippen molar-refractivity contribution in [2.75, 3.05) is 13.2 Å². The minimum atomic E-state index is -1.17. The van der Waals surface area contributed by atoms with E-state index in [0.717, 1.165) is 30.7 Å². The summed E-state index contributed by atoms with van der Waals surface area (Å²) >= 11 is 5.78. The van der Waals surface area contributed by atoms with Gasteiger partial charge in [0.05, 0.1) is 13.2 Å². The number of primary amides is 1. The quantitative estimate of drug-likeness (QED) is 0.576. The molecular weight excluding hydrogens is 376 g/mol. The van der Waals surface area contributed by atoms with Gasteiger partial charge in [-0.1, -0.05) is 25.4 Å². The number of benzene rings is 2. The molecule has 0 aliphatic rings. The molecule has 0 saturated carbocycles. The molecule has 0 atom stereocenters. The van der Waals surface area contributed by atoms with Crippen molar-refractivity contribution in [2.45, 2.75) is 33.1 Å². The maximum Gasteiger partial charge on any atom is 0.254 e. The van der Waals surface area contributed by atoms with E-state index in [2.05, 4.69) is 0 Å². The third-order valence-corrected chi connectivity index (χ3v) is 3.68. The van der Waals surface area contributed by atoms with Crippen LogP contribution >= 0.6 is 11.6 Å². The van der Waals surface area contributed by atoms with Crippen LogP contribution in [0.4, 0.5) is 8.78 Å². The van der Waals surface area contributed by atoms with Crippen molar-refractivity contribution in [2.24, 2.45) is 5.73 Å². The van der Waals surface area contributed by atoms with Gasteiger partial charge in [-0.3, -0.25) is 4.79 Å². The maximum atomic E-state index is 13.9. The van der Waals surface area contributed by atoms with Crippen molar-refractivity contribution < 1.29 is 23.0 Å². The summed E-state index contributed by atoms with van der Waals surface area (Å²) in [6, 6.07) is 9.18. The van der Waals surface area contributed by atoms with Gasteiger partial charge in [-0.2, -0.15) is 0 Å². The Kier molecular flexibility index (Phi) is 10.2. The Morgan fingerprint density at radius 3 is 2.15 bits per heavy atom. The van der Waals surface area contributed by atoms with Crippen molar-refractivity contribution in [1.29, 1.82) is 0 Å². The molecule has 0 aliphatic heterocycles. The van der Waals surface area contributed by atoms with Gasteiger partial charge in [-0.05, 0) is 55.7 Å². The van der Waals surface area contributed by atoms with E-state index in [4.69, 9.17) is 26.8 Å². The van der Waals surface area contributed by atoms with Crippen LogP contribution in [0.2, 0.25) is 5.02 Å². The Morgan fingerprint density at radius 1 is 0.963 bits per heavy atom. The number of carbonyl (C=O) groups excluding carboxylic acids is 1. The molecule has 148 valence electrons. The lowest BCUT2D eigenvalue weighted by molar-refractivity contribution is 0.0991. The predicted octanol–water partition coefficient (Wildman–Crippen LogP) is 5.37. The number of hydrogen-bond donors (Lipinski definition) is 1. The first-order valence-corrected chi connectivity index (χ1v) is 9.16. The highest BCUT2D eigenvalue weighted by Gasteiger charge is 2.18. The number of ether oxygens (including phenoxy) is 2. The number of carbonyl (C=O) groups is 1. The van der Waals surface area contributed by atoms with Gasteiger partial charge < -0.3 is 15.2 Å². The highest BCUT2D eigenvalue weighted by Crippen LogP contribution is 2.23. The van der Waals surface area contributed by atoms with Gasteiger partial charge in [0.2, 0.25) is 0 Å². The maximum absolute atomic E-state index is 13.9. The zero-order valence-electron chi connectivity index (χ0n) is 15.4. The van der Waals surface area contributed by atoms with Crippen LogP contribution in [0.25, 0.3) is 0 Å². The molecule has 0 saturated heterocycles. The van der Waals surface area contributed by atoms with Crippen molar-refractivity contribution in [1.82, 2.24) is 0 Å². The first-order valence-electron chi connectivity index (χ1n) is 8.78. The fourth-order valence-electron chi connectivity index (χ4n) is 2.15. The molecule has 0 aliphatic carbocycles. The Labute approximate surface area is 163 Å². The second-order valence-electron chi connectivity index (χ2n) is 5.31. The number of rotatable bonds is 9. The van der Waals surface area contributed by atoms with E-state index in [1.165, 1.54) is 0 Å². The van der Waals surface area contributed by atoms with Crippen LogP contribution in [0.3, 0.4) is 0 Å². The van der Waals surface area contributed by atoms with Gasteiger partial charge in [0.25, 0.3) is 5.91 Å². The molecule has 2 N–H and O–H groups in total. The molecule has 7 heteroatoms. The van der Waals surface area contributed by atoms with E-state index >= 15 is 0 Å². The zero-order valence-corrected chi connectivity index (χ0v) is 16.2. The summed E-state index contributed by atoms with van der Waals surface area (Å²) < 4.78 is 38.1. The minimum Gasteiger partial charge on any atom is -0.494 e. The third kappa shape index (κ3) is 7.43. The monoisotopic (exact) mass is 399 g/mol. The molecule has 2 rings (SSSR count). The van der Waals surface area contributed by atoms with E-state index < -0.39 is 23.1 Å². The Balaban J connectivity index is 0.00000176. The van der Waals surface area contributed by atoms with Crippen molar-refractivity contribution in [3.05, 3.63) is 58.6 Å². The van der Waals surface area contributed by atoms with Gasteiger partial charge in [0, 0.05) is 5.02 Å². The summed E-state index contributed by atoms with van der Waals surface area (Å²) in [6.45, 7) is 4.78. The normalized spacial score (nSPS) is 9.96. The van der Waals surface area contributed by atoms with Gasteiger partial charge in [0.1, 0.15) is 17.1 Å². The van der Waals surface area contributed by atoms with Crippen LogP contribution in [0.1, 0.15) is 43.5 Å². The summed E-state index contributed by atoms with van der Waals surface area (Å²) in [5.41, 5.74) is 4.17. The summed E-state index contributed by atoms with van der Waals surface area (Å²) in [5.74, 6) is -2.68. The largest absolute Gasteiger partial charge is 0.494 e. The topological polar surface area (TPSA) is 61.6 Å². The molecule has 0 heterocycles. The highest BCUT2D eigenvalue weighted by atomic mass is 35.5. The van der Waals surface area contributed by atoms with Gasteiger partial charge in [0.15, 0.2) is 11.6 Å². The van der Waals surface area contributed by atoms with Crippen LogP contribution in [0, 0.1) is 11.6 Å². The second kappa shape index (κ2) is 12.1. The van der Waals surface area contributed by atoms with Crippen LogP contribution < -0.4 is 15.2 Å². The summed E-state index contributed by atoms with van der Waals surface area (Å²) in [4.78, 5) is 11.0. The van der Waals surface area contributed by atoms with Crippen molar-refractivity contribution >= 4 is 17.5 Å². The standard InChI is InChI=1S/C18H18ClF2NO3.C2H6/c19-12-4-6-13(7-5-12)24-10-2-1-3-11-25-15-9-8-14(20)16(17(15)21)18(22)23;1-2/h4-9H,1-3,10-11H2,(H2,22,23);1-2H3. The van der Waals surface area contributed by atoms with E-state index in [-0.39, 0.29) is 12.4 Å². The van der Waals surface area contributed by atoms with E-state index in [1.54, 1.807) is 24.3 Å². The molecule has 2 aromatic carbocycles. The van der Waals surface area contributed by atoms with Crippen LogP contribution in [-0.2, 0) is 0 Å². The summed E-state index contributed by atoms with van der Waals surface area (Å²) in [7, 11) is 0. The average molecular weight is 400 g/mol. The smallest absolute Gasteiger partial charge is 0.254 e. The summed E-state index contributed by atoms with van der Waals surface area (Å²) in [6.07, 6.45) is 2.26. The molecular formula is C20H24ClF2NO3. The molecule has 0 spiro atoms. The first kappa shape index (κ1) is 22.7. The number of amides is 1. The Bertz CT molecular complexity index is 724. The second-order valence-corrected chi connectivity index (χ2v) is 5.75. The van der Waals surface area contributed by atoms with Crippen LogP contribution in [-0.4, -0.2) is 19.1 Å². The van der Waals surface area contributed by atoms with E-state index in [1.807, 2.05) is 13.8 Å². The summed E-state index contributed by atoms with van der Waals surface area (Å²) in [5, 5.41) is 0.650. The molecule has 0 aromatic heterocycles. The van der Waals surface area contributed by atoms with E-state index in [9.17, 15) is 13.6 Å². The average Bonchev–Trinajstić information content (AvgIpc) is 2.65. The van der Waals surface area contributed by atoms with Crippen molar-refractivity contribution in [3.63, 3.8) is 0 Å². The minimum absolute atomic E-state index is 0.187. The number of hydrogen-bond acceptors (Lipinski definition) is 3. The lowest BCUT2D eigenvalue weighted by Crippen LogP contribution is -2.16. The Hall–Kier alpha value is -2.34. The molecule has 0 radical (unpaired) electrons. The SMILES string of the molecule is CC.NC(=O)c1c(F)ccc(OCCCCCOc2ccc(Cl)cc2)c1F.